The van der Waals surface area contributed by atoms with Crippen molar-refractivity contribution in [2.75, 3.05) is 20.3 Å². The maximum absolute atomic E-state index is 12.8. The number of ether oxygens (including phenoxy) is 2. The van der Waals surface area contributed by atoms with Crippen molar-refractivity contribution in [3.8, 4) is 5.75 Å². The molecule has 1 fully saturated rings. The van der Waals surface area contributed by atoms with Gasteiger partial charge in [0.15, 0.2) is 0 Å². The largest absolute Gasteiger partial charge is 0.497 e. The minimum Gasteiger partial charge on any atom is -0.497 e. The first-order valence-corrected chi connectivity index (χ1v) is 8.22. The highest BCUT2D eigenvalue weighted by Gasteiger charge is 2.25. The molecule has 1 aromatic heterocycles. The number of carbonyl (C=O) groups excluding carboxylic acids is 1. The summed E-state index contributed by atoms with van der Waals surface area (Å²) >= 11 is 0. The lowest BCUT2D eigenvalue weighted by atomic mass is 9.94. The van der Waals surface area contributed by atoms with Gasteiger partial charge in [-0.25, -0.2) is 0 Å². The van der Waals surface area contributed by atoms with Gasteiger partial charge < -0.3 is 14.8 Å². The normalized spacial score (nSPS) is 18.1. The summed E-state index contributed by atoms with van der Waals surface area (Å²) in [6, 6.07) is 13.1. The van der Waals surface area contributed by atoms with E-state index >= 15 is 0 Å². The van der Waals surface area contributed by atoms with Crippen molar-refractivity contribution in [1.29, 1.82) is 0 Å². The average molecular weight is 326 g/mol. The number of benzene rings is 1. The summed E-state index contributed by atoms with van der Waals surface area (Å²) in [6.45, 7) is 1.32. The van der Waals surface area contributed by atoms with Crippen LogP contribution in [0.15, 0.2) is 48.7 Å². The second-order valence-electron chi connectivity index (χ2n) is 5.84. The molecule has 3 rings (SSSR count). The minimum atomic E-state index is -0.446. The van der Waals surface area contributed by atoms with E-state index in [1.165, 1.54) is 0 Å². The summed E-state index contributed by atoms with van der Waals surface area (Å²) in [6.07, 6.45) is 3.88. The number of methoxy groups -OCH3 is 1. The Labute approximate surface area is 142 Å². The number of nitrogens with zero attached hydrogens (tertiary/aromatic N) is 1. The fraction of sp³-hybridized carbons (Fsp3) is 0.368. The van der Waals surface area contributed by atoms with Crippen LogP contribution >= 0.6 is 0 Å². The molecule has 2 unspecified atom stereocenters. The summed E-state index contributed by atoms with van der Waals surface area (Å²) in [5.41, 5.74) is 1.62. The molecule has 1 aliphatic rings. The summed E-state index contributed by atoms with van der Waals surface area (Å²) in [5, 5.41) is 3.02. The first kappa shape index (κ1) is 16.5. The molecule has 1 aliphatic heterocycles. The number of pyridine rings is 1. The Morgan fingerprint density at radius 3 is 2.79 bits per heavy atom. The molecule has 0 radical (unpaired) electrons. The van der Waals surface area contributed by atoms with Gasteiger partial charge in [-0.2, -0.15) is 0 Å². The highest BCUT2D eigenvalue weighted by molar-refractivity contribution is 5.86. The van der Waals surface area contributed by atoms with Crippen molar-refractivity contribution in [2.45, 2.75) is 24.9 Å². The van der Waals surface area contributed by atoms with Crippen molar-refractivity contribution < 1.29 is 14.3 Å². The molecule has 0 aliphatic carbocycles. The molecular formula is C19H22N2O3. The molecule has 2 atom stereocenters. The molecule has 5 heteroatoms. The lowest BCUT2D eigenvalue weighted by Gasteiger charge is -2.18. The van der Waals surface area contributed by atoms with Crippen molar-refractivity contribution in [2.24, 2.45) is 0 Å². The first-order valence-electron chi connectivity index (χ1n) is 8.22. The standard InChI is InChI=1S/C19H22N2O3/c1-23-15-9-7-14(8-10-15)18(17-6-2-3-11-20-17)19(22)21-13-16-5-4-12-24-16/h2-3,6-11,16,18H,4-5,12-13H2,1H3,(H,21,22). The third-order valence-electron chi connectivity index (χ3n) is 4.22. The number of hydrogen-bond acceptors (Lipinski definition) is 4. The van der Waals surface area contributed by atoms with Crippen LogP contribution in [0.4, 0.5) is 0 Å². The fourth-order valence-corrected chi connectivity index (χ4v) is 2.92. The van der Waals surface area contributed by atoms with E-state index in [0.29, 0.717) is 6.54 Å². The van der Waals surface area contributed by atoms with Crippen LogP contribution in [0.3, 0.4) is 0 Å². The van der Waals surface area contributed by atoms with Gasteiger partial charge in [-0.05, 0) is 42.7 Å². The molecular weight excluding hydrogens is 304 g/mol. The SMILES string of the molecule is COc1ccc(C(C(=O)NCC2CCCO2)c2ccccn2)cc1. The molecule has 5 nitrogen and oxygen atoms in total. The van der Waals surface area contributed by atoms with Crippen molar-refractivity contribution in [3.05, 3.63) is 59.9 Å². The smallest absolute Gasteiger partial charge is 0.233 e. The van der Waals surface area contributed by atoms with Crippen molar-refractivity contribution >= 4 is 5.91 Å². The van der Waals surface area contributed by atoms with E-state index in [9.17, 15) is 4.79 Å². The van der Waals surface area contributed by atoms with Crippen LogP contribution < -0.4 is 10.1 Å². The van der Waals surface area contributed by atoms with Crippen LogP contribution in [0.5, 0.6) is 5.75 Å². The van der Waals surface area contributed by atoms with Crippen molar-refractivity contribution in [3.63, 3.8) is 0 Å². The second-order valence-corrected chi connectivity index (χ2v) is 5.84. The van der Waals surface area contributed by atoms with Gasteiger partial charge in [0.1, 0.15) is 11.7 Å². The molecule has 2 aromatic rings. The average Bonchev–Trinajstić information content (AvgIpc) is 3.15. The Morgan fingerprint density at radius 1 is 1.33 bits per heavy atom. The van der Waals surface area contributed by atoms with Gasteiger partial charge in [-0.3, -0.25) is 9.78 Å². The monoisotopic (exact) mass is 326 g/mol. The number of carbonyl (C=O) groups is 1. The maximum Gasteiger partial charge on any atom is 0.233 e. The summed E-state index contributed by atoms with van der Waals surface area (Å²) in [4.78, 5) is 17.2. The number of rotatable bonds is 6. The molecule has 1 amide bonds. The van der Waals surface area contributed by atoms with Gasteiger partial charge >= 0.3 is 0 Å². The predicted molar refractivity (Wildman–Crippen MR) is 91.1 cm³/mol. The number of hydrogen-bond donors (Lipinski definition) is 1. The van der Waals surface area contributed by atoms with Crippen LogP contribution in [0, 0.1) is 0 Å². The third kappa shape index (κ3) is 3.92. The van der Waals surface area contributed by atoms with Gasteiger partial charge in [0.05, 0.1) is 18.9 Å². The zero-order valence-corrected chi connectivity index (χ0v) is 13.8. The highest BCUT2D eigenvalue weighted by atomic mass is 16.5. The Morgan fingerprint density at radius 2 is 2.17 bits per heavy atom. The molecule has 0 saturated carbocycles. The molecule has 2 heterocycles. The molecule has 1 aromatic carbocycles. The van der Waals surface area contributed by atoms with E-state index in [1.807, 2.05) is 42.5 Å². The van der Waals surface area contributed by atoms with Gasteiger partial charge in [0.2, 0.25) is 5.91 Å². The van der Waals surface area contributed by atoms with E-state index in [-0.39, 0.29) is 12.0 Å². The zero-order valence-electron chi connectivity index (χ0n) is 13.8. The quantitative estimate of drug-likeness (QED) is 0.886. The lowest BCUT2D eigenvalue weighted by Crippen LogP contribution is -2.36. The number of amides is 1. The molecule has 1 saturated heterocycles. The lowest BCUT2D eigenvalue weighted by molar-refractivity contribution is -0.122. The molecule has 0 spiro atoms. The third-order valence-corrected chi connectivity index (χ3v) is 4.22. The van der Waals surface area contributed by atoms with E-state index < -0.39 is 5.92 Å². The van der Waals surface area contributed by atoms with Crippen LogP contribution in [0.25, 0.3) is 0 Å². The molecule has 126 valence electrons. The van der Waals surface area contributed by atoms with E-state index in [1.54, 1.807) is 13.3 Å². The van der Waals surface area contributed by atoms with E-state index in [2.05, 4.69) is 10.3 Å². The van der Waals surface area contributed by atoms with E-state index in [0.717, 1.165) is 36.5 Å². The van der Waals surface area contributed by atoms with Crippen molar-refractivity contribution in [1.82, 2.24) is 10.3 Å². The molecule has 1 N–H and O–H groups in total. The second kappa shape index (κ2) is 7.93. The Bertz CT molecular complexity index is 652. The van der Waals surface area contributed by atoms with Crippen LogP contribution in [0.2, 0.25) is 0 Å². The summed E-state index contributed by atoms with van der Waals surface area (Å²) in [7, 11) is 1.62. The Balaban J connectivity index is 1.79. The Hall–Kier alpha value is -2.40. The maximum atomic E-state index is 12.8. The fourth-order valence-electron chi connectivity index (χ4n) is 2.92. The van der Waals surface area contributed by atoms with Gasteiger partial charge in [-0.1, -0.05) is 18.2 Å². The van der Waals surface area contributed by atoms with Crippen LogP contribution in [-0.2, 0) is 9.53 Å². The molecule has 0 bridgehead atoms. The van der Waals surface area contributed by atoms with Gasteiger partial charge in [0.25, 0.3) is 0 Å². The topological polar surface area (TPSA) is 60.5 Å². The summed E-state index contributed by atoms with van der Waals surface area (Å²) < 4.78 is 10.8. The minimum absolute atomic E-state index is 0.0608. The van der Waals surface area contributed by atoms with Crippen LogP contribution in [-0.4, -0.2) is 37.3 Å². The number of nitrogens with one attached hydrogen (secondary N) is 1. The van der Waals surface area contributed by atoms with Gasteiger partial charge in [0, 0.05) is 19.3 Å². The molecule has 24 heavy (non-hydrogen) atoms. The first-order chi connectivity index (χ1) is 11.8. The Kier molecular flexibility index (Phi) is 5.43. The number of aromatic nitrogens is 1. The highest BCUT2D eigenvalue weighted by Crippen LogP contribution is 2.25. The van der Waals surface area contributed by atoms with E-state index in [4.69, 9.17) is 9.47 Å². The predicted octanol–water partition coefficient (Wildman–Crippen LogP) is 2.52. The van der Waals surface area contributed by atoms with Crippen LogP contribution in [0.1, 0.15) is 30.0 Å². The zero-order chi connectivity index (χ0) is 16.8. The summed E-state index contributed by atoms with van der Waals surface area (Å²) in [5.74, 6) is 0.256. The van der Waals surface area contributed by atoms with Gasteiger partial charge in [-0.15, -0.1) is 0 Å².